The van der Waals surface area contributed by atoms with Crippen molar-refractivity contribution < 1.29 is 19.1 Å². The molecule has 0 aromatic heterocycles. The van der Waals surface area contributed by atoms with Crippen molar-refractivity contribution in [3.63, 3.8) is 0 Å². The summed E-state index contributed by atoms with van der Waals surface area (Å²) in [5.74, 6) is 0.827. The molecule has 0 bridgehead atoms. The van der Waals surface area contributed by atoms with E-state index >= 15 is 0 Å². The number of carbonyl (C=O) groups excluding carboxylic acids is 2. The van der Waals surface area contributed by atoms with Crippen molar-refractivity contribution in [2.24, 2.45) is 0 Å². The van der Waals surface area contributed by atoms with Crippen LogP contribution in [0.5, 0.6) is 11.5 Å². The molecule has 1 aliphatic rings. The normalized spacial score (nSPS) is 14.1. The van der Waals surface area contributed by atoms with Crippen molar-refractivity contribution in [3.05, 3.63) is 95.0 Å². The number of benzene rings is 3. The van der Waals surface area contributed by atoms with Gasteiger partial charge in [0.2, 0.25) is 5.91 Å². The summed E-state index contributed by atoms with van der Waals surface area (Å²) in [7, 11) is 1.59. The topological polar surface area (TPSA) is 67.9 Å². The lowest BCUT2D eigenvalue weighted by atomic mass is 10.0. The van der Waals surface area contributed by atoms with Crippen molar-refractivity contribution in [2.45, 2.75) is 50.7 Å². The van der Waals surface area contributed by atoms with E-state index in [1.807, 2.05) is 48.5 Å². The molecule has 1 fully saturated rings. The first kappa shape index (κ1) is 26.6. The number of nitrogens with one attached hydrogen (secondary N) is 1. The van der Waals surface area contributed by atoms with Crippen LogP contribution in [0.25, 0.3) is 0 Å². The first-order valence-corrected chi connectivity index (χ1v) is 13.0. The van der Waals surface area contributed by atoms with Gasteiger partial charge in [0.05, 0.1) is 7.11 Å². The van der Waals surface area contributed by atoms with Gasteiger partial charge in [-0.15, -0.1) is 0 Å². The van der Waals surface area contributed by atoms with E-state index in [2.05, 4.69) is 5.32 Å². The third-order valence-electron chi connectivity index (χ3n) is 6.64. The molecule has 0 heterocycles. The molecule has 6 nitrogen and oxygen atoms in total. The molecule has 1 aliphatic carbocycles. The minimum absolute atomic E-state index is 0.143. The first-order chi connectivity index (χ1) is 18.0. The third-order valence-corrected chi connectivity index (χ3v) is 6.87. The van der Waals surface area contributed by atoms with Crippen LogP contribution in [0.1, 0.15) is 36.8 Å². The van der Waals surface area contributed by atoms with Gasteiger partial charge in [-0.1, -0.05) is 66.9 Å². The maximum Gasteiger partial charge on any atom is 0.261 e. The van der Waals surface area contributed by atoms with E-state index in [0.29, 0.717) is 22.9 Å². The molecule has 1 atom stereocenters. The average molecular weight is 521 g/mol. The number of methoxy groups -OCH3 is 1. The Kier molecular flexibility index (Phi) is 9.44. The van der Waals surface area contributed by atoms with E-state index < -0.39 is 6.04 Å². The van der Waals surface area contributed by atoms with Crippen molar-refractivity contribution in [3.8, 4) is 11.5 Å². The Morgan fingerprint density at radius 2 is 1.62 bits per heavy atom. The lowest BCUT2D eigenvalue weighted by Crippen LogP contribution is -2.53. The first-order valence-electron chi connectivity index (χ1n) is 12.7. The molecule has 194 valence electrons. The maximum absolute atomic E-state index is 13.7. The number of nitrogens with zero attached hydrogens (tertiary/aromatic N) is 1. The van der Waals surface area contributed by atoms with Gasteiger partial charge in [-0.3, -0.25) is 9.59 Å². The molecule has 3 aromatic rings. The summed E-state index contributed by atoms with van der Waals surface area (Å²) in [6.07, 6.45) is 4.54. The van der Waals surface area contributed by atoms with Gasteiger partial charge in [0.15, 0.2) is 6.61 Å². The highest BCUT2D eigenvalue weighted by Crippen LogP contribution is 2.22. The van der Waals surface area contributed by atoms with Crippen LogP contribution in [0.15, 0.2) is 78.9 Å². The molecule has 4 rings (SSSR count). The van der Waals surface area contributed by atoms with Gasteiger partial charge < -0.3 is 19.7 Å². The summed E-state index contributed by atoms with van der Waals surface area (Å²) < 4.78 is 11.0. The minimum atomic E-state index is -0.700. The Hall–Kier alpha value is -3.51. The van der Waals surface area contributed by atoms with Crippen LogP contribution >= 0.6 is 11.6 Å². The van der Waals surface area contributed by atoms with Crippen LogP contribution in [0, 0.1) is 0 Å². The molecule has 0 unspecified atom stereocenters. The van der Waals surface area contributed by atoms with Crippen LogP contribution in [-0.2, 0) is 22.6 Å². The van der Waals surface area contributed by atoms with Crippen molar-refractivity contribution >= 4 is 23.4 Å². The van der Waals surface area contributed by atoms with Crippen LogP contribution in [0.3, 0.4) is 0 Å². The van der Waals surface area contributed by atoms with E-state index in [-0.39, 0.29) is 31.0 Å². The molecule has 37 heavy (non-hydrogen) atoms. The number of hydrogen-bond acceptors (Lipinski definition) is 4. The summed E-state index contributed by atoms with van der Waals surface area (Å²) >= 11 is 6.24. The summed E-state index contributed by atoms with van der Waals surface area (Å²) in [5.41, 5.74) is 1.83. The standard InChI is InChI=1S/C30H33ClN2O4/c1-36-26-14-16-27(17-15-26)37-21-29(34)33(20-23-10-7-11-24(31)18-23)28(19-22-8-3-2-4-9-22)30(35)32-25-12-5-6-13-25/h2-4,7-11,14-18,25,28H,5-6,12-13,19-21H2,1H3,(H,32,35)/t28-/m1/s1. The number of carbonyl (C=O) groups is 2. The third kappa shape index (κ3) is 7.73. The molecule has 0 saturated heterocycles. The highest BCUT2D eigenvalue weighted by Gasteiger charge is 2.32. The SMILES string of the molecule is COc1ccc(OCC(=O)N(Cc2cccc(Cl)c2)[C@H](Cc2ccccc2)C(=O)NC2CCCC2)cc1. The van der Waals surface area contributed by atoms with Crippen molar-refractivity contribution in [2.75, 3.05) is 13.7 Å². The van der Waals surface area contributed by atoms with Gasteiger partial charge in [-0.2, -0.15) is 0 Å². The zero-order chi connectivity index (χ0) is 26.0. The lowest BCUT2D eigenvalue weighted by molar-refractivity contribution is -0.143. The Bertz CT molecular complexity index is 1160. The Morgan fingerprint density at radius 1 is 0.946 bits per heavy atom. The average Bonchev–Trinajstić information content (AvgIpc) is 3.43. The van der Waals surface area contributed by atoms with Gasteiger partial charge in [0.25, 0.3) is 5.91 Å². The summed E-state index contributed by atoms with van der Waals surface area (Å²) in [6, 6.07) is 23.6. The quantitative estimate of drug-likeness (QED) is 0.366. The summed E-state index contributed by atoms with van der Waals surface area (Å²) in [4.78, 5) is 28.9. The molecule has 7 heteroatoms. The highest BCUT2D eigenvalue weighted by molar-refractivity contribution is 6.30. The van der Waals surface area contributed by atoms with E-state index in [1.54, 1.807) is 42.3 Å². The predicted molar refractivity (Wildman–Crippen MR) is 145 cm³/mol. The molecule has 0 radical (unpaired) electrons. The molecule has 0 spiro atoms. The largest absolute Gasteiger partial charge is 0.497 e. The van der Waals surface area contributed by atoms with E-state index in [9.17, 15) is 9.59 Å². The van der Waals surface area contributed by atoms with Crippen molar-refractivity contribution in [1.29, 1.82) is 0 Å². The minimum Gasteiger partial charge on any atom is -0.497 e. The molecular weight excluding hydrogens is 488 g/mol. The maximum atomic E-state index is 13.7. The van der Waals surface area contributed by atoms with E-state index in [0.717, 1.165) is 36.8 Å². The van der Waals surface area contributed by atoms with Gasteiger partial charge in [0, 0.05) is 24.0 Å². The van der Waals surface area contributed by atoms with Gasteiger partial charge in [-0.25, -0.2) is 0 Å². The van der Waals surface area contributed by atoms with E-state index in [1.165, 1.54) is 0 Å². The number of amides is 2. The number of rotatable bonds is 11. The number of ether oxygens (including phenoxy) is 2. The second-order valence-corrected chi connectivity index (χ2v) is 9.75. The second kappa shape index (κ2) is 13.2. The summed E-state index contributed by atoms with van der Waals surface area (Å²) in [5, 5.41) is 3.78. The van der Waals surface area contributed by atoms with Gasteiger partial charge in [-0.05, 0) is 60.4 Å². The highest BCUT2D eigenvalue weighted by atomic mass is 35.5. The fourth-order valence-corrected chi connectivity index (χ4v) is 4.87. The van der Waals surface area contributed by atoms with Crippen LogP contribution in [-0.4, -0.2) is 42.5 Å². The molecule has 3 aromatic carbocycles. The summed E-state index contributed by atoms with van der Waals surface area (Å²) in [6.45, 7) is 0.0375. The smallest absolute Gasteiger partial charge is 0.261 e. The predicted octanol–water partition coefficient (Wildman–Crippen LogP) is 5.43. The van der Waals surface area contributed by atoms with Crippen molar-refractivity contribution in [1.82, 2.24) is 10.2 Å². The molecule has 2 amide bonds. The molecule has 0 aliphatic heterocycles. The molecule has 1 N–H and O–H groups in total. The lowest BCUT2D eigenvalue weighted by Gasteiger charge is -2.32. The van der Waals surface area contributed by atoms with Gasteiger partial charge in [0.1, 0.15) is 17.5 Å². The zero-order valence-electron chi connectivity index (χ0n) is 21.1. The number of halogens is 1. The monoisotopic (exact) mass is 520 g/mol. The Morgan fingerprint density at radius 3 is 2.30 bits per heavy atom. The second-order valence-electron chi connectivity index (χ2n) is 9.31. The van der Waals surface area contributed by atoms with Crippen LogP contribution in [0.2, 0.25) is 5.02 Å². The Balaban J connectivity index is 1.59. The fraction of sp³-hybridized carbons (Fsp3) is 0.333. The van der Waals surface area contributed by atoms with Gasteiger partial charge >= 0.3 is 0 Å². The zero-order valence-corrected chi connectivity index (χ0v) is 21.8. The molecule has 1 saturated carbocycles. The fourth-order valence-electron chi connectivity index (χ4n) is 4.65. The molecular formula is C30H33ClN2O4. The van der Waals surface area contributed by atoms with E-state index in [4.69, 9.17) is 21.1 Å². The number of hydrogen-bond donors (Lipinski definition) is 1. The van der Waals surface area contributed by atoms with Crippen LogP contribution in [0.4, 0.5) is 0 Å². The Labute approximate surface area is 223 Å². The van der Waals surface area contributed by atoms with Crippen LogP contribution < -0.4 is 14.8 Å².